The normalized spacial score (nSPS) is 13.6. The summed E-state index contributed by atoms with van der Waals surface area (Å²) in [6.45, 7) is -0.882. The number of halogens is 4. The Morgan fingerprint density at radius 1 is 1.29 bits per heavy atom. The lowest BCUT2D eigenvalue weighted by molar-refractivity contribution is -0.272. The zero-order chi connectivity index (χ0) is 20.9. The Morgan fingerprint density at radius 2 is 2.00 bits per heavy atom. The summed E-state index contributed by atoms with van der Waals surface area (Å²) in [5.41, 5.74) is -2.89. The van der Waals surface area contributed by atoms with E-state index in [1.54, 1.807) is 24.3 Å². The van der Waals surface area contributed by atoms with Crippen molar-refractivity contribution in [2.24, 2.45) is 7.05 Å². The number of imidazole rings is 1. The first-order valence-corrected chi connectivity index (χ1v) is 8.91. The number of rotatable bonds is 7. The highest BCUT2D eigenvalue weighted by Crippen LogP contribution is 2.40. The van der Waals surface area contributed by atoms with Crippen LogP contribution in [0.3, 0.4) is 0 Å². The number of hydrogen-bond donors (Lipinski definition) is 3. The van der Waals surface area contributed by atoms with Crippen LogP contribution in [0.1, 0.15) is 22.6 Å². The average molecular weight is 463 g/mol. The van der Waals surface area contributed by atoms with Gasteiger partial charge in [0.05, 0.1) is 6.54 Å². The second kappa shape index (κ2) is 8.74. The summed E-state index contributed by atoms with van der Waals surface area (Å²) in [7, 11) is 1.33. The number of nitrogens with zero attached hydrogens (tertiary/aromatic N) is 2. The van der Waals surface area contributed by atoms with E-state index in [1.807, 2.05) is 0 Å². The molecule has 7 nitrogen and oxygen atoms in total. The van der Waals surface area contributed by atoms with Crippen LogP contribution in [0.5, 0.6) is 0 Å². The number of benzene rings is 1. The summed E-state index contributed by atoms with van der Waals surface area (Å²) < 4.78 is 41.9. The quantitative estimate of drug-likeness (QED) is 0.585. The van der Waals surface area contributed by atoms with Gasteiger partial charge in [-0.3, -0.25) is 9.59 Å². The van der Waals surface area contributed by atoms with E-state index in [2.05, 4.69) is 31.5 Å². The van der Waals surface area contributed by atoms with Crippen LogP contribution in [0.2, 0.25) is 0 Å². The van der Waals surface area contributed by atoms with Gasteiger partial charge in [0.25, 0.3) is 5.91 Å². The molecular weight excluding hydrogens is 445 g/mol. The largest absolute Gasteiger partial charge is 0.424 e. The molecule has 0 aliphatic carbocycles. The van der Waals surface area contributed by atoms with Crippen molar-refractivity contribution in [3.63, 3.8) is 0 Å². The van der Waals surface area contributed by atoms with Gasteiger partial charge in [-0.05, 0) is 18.2 Å². The smallest absolute Gasteiger partial charge is 0.374 e. The lowest BCUT2D eigenvalue weighted by Crippen LogP contribution is -2.47. The molecule has 152 valence electrons. The van der Waals surface area contributed by atoms with Crippen LogP contribution in [-0.2, 0) is 17.4 Å². The Balaban J connectivity index is 1.89. The van der Waals surface area contributed by atoms with Crippen molar-refractivity contribution in [1.29, 1.82) is 0 Å². The fourth-order valence-electron chi connectivity index (χ4n) is 2.48. The lowest BCUT2D eigenvalue weighted by Gasteiger charge is -2.29. The maximum atomic E-state index is 13.4. The van der Waals surface area contributed by atoms with Crippen molar-refractivity contribution >= 4 is 27.7 Å². The number of alkyl halides is 3. The highest BCUT2D eigenvalue weighted by Gasteiger charge is 2.57. The molecule has 1 aromatic carbocycles. The number of carbonyl (C=O) groups excluding carboxylic acids is 2. The summed E-state index contributed by atoms with van der Waals surface area (Å²) in [4.78, 5) is 27.3. The van der Waals surface area contributed by atoms with Crippen molar-refractivity contribution in [3.05, 3.63) is 52.5 Å². The number of amides is 2. The summed E-state index contributed by atoms with van der Waals surface area (Å²) in [5.74, 6) is -1.76. The van der Waals surface area contributed by atoms with Gasteiger partial charge in [-0.25, -0.2) is 4.98 Å². The van der Waals surface area contributed by atoms with Crippen molar-refractivity contribution in [2.75, 3.05) is 13.1 Å². The number of aromatic nitrogens is 2. The standard InChI is InChI=1S/C17H18BrF3N4O3/c1-25-8-7-23-15(25)16(28,17(19,20)21)5-6-22-13(26)10-24-14(27)11-3-2-4-12(18)9-11/h2-4,7-9,28H,5-6,10H2,1H3,(H,22,26)(H,24,27). The van der Waals surface area contributed by atoms with Gasteiger partial charge in [0.15, 0.2) is 0 Å². The van der Waals surface area contributed by atoms with E-state index in [9.17, 15) is 27.9 Å². The highest BCUT2D eigenvalue weighted by atomic mass is 79.9. The fraction of sp³-hybridized carbons (Fsp3) is 0.353. The molecule has 0 aliphatic heterocycles. The summed E-state index contributed by atoms with van der Waals surface area (Å²) in [5, 5.41) is 14.8. The van der Waals surface area contributed by atoms with E-state index in [4.69, 9.17) is 0 Å². The number of hydrogen-bond acceptors (Lipinski definition) is 4. The van der Waals surface area contributed by atoms with Crippen LogP contribution in [-0.4, -0.2) is 45.7 Å². The van der Waals surface area contributed by atoms with E-state index in [0.717, 1.165) is 10.8 Å². The first kappa shape index (κ1) is 21.9. The second-order valence-electron chi connectivity index (χ2n) is 6.01. The maximum absolute atomic E-state index is 13.4. The lowest BCUT2D eigenvalue weighted by atomic mass is 9.97. The van der Waals surface area contributed by atoms with Crippen LogP contribution in [0.4, 0.5) is 13.2 Å². The Labute approximate surface area is 167 Å². The minimum absolute atomic E-state index is 0.323. The van der Waals surface area contributed by atoms with E-state index in [-0.39, 0.29) is 0 Å². The Hall–Kier alpha value is -2.40. The molecule has 11 heteroatoms. The second-order valence-corrected chi connectivity index (χ2v) is 6.93. The molecule has 0 fully saturated rings. The molecule has 0 bridgehead atoms. The number of aryl methyl sites for hydroxylation is 1. The van der Waals surface area contributed by atoms with Gasteiger partial charge in [0.2, 0.25) is 11.5 Å². The van der Waals surface area contributed by atoms with E-state index in [0.29, 0.717) is 10.0 Å². The van der Waals surface area contributed by atoms with Crippen molar-refractivity contribution in [1.82, 2.24) is 20.2 Å². The summed E-state index contributed by atoms with van der Waals surface area (Å²) in [6, 6.07) is 6.49. The van der Waals surface area contributed by atoms with Crippen LogP contribution in [0, 0.1) is 0 Å². The van der Waals surface area contributed by atoms with Gasteiger partial charge in [-0.1, -0.05) is 22.0 Å². The minimum Gasteiger partial charge on any atom is -0.374 e. The molecule has 2 aromatic rings. The molecule has 1 atom stereocenters. The number of carbonyl (C=O) groups is 2. The predicted molar refractivity (Wildman–Crippen MR) is 97.3 cm³/mol. The molecule has 0 saturated carbocycles. The van der Waals surface area contributed by atoms with Gasteiger partial charge in [-0.2, -0.15) is 13.2 Å². The molecule has 0 aliphatic rings. The predicted octanol–water partition coefficient (Wildman–Crippen LogP) is 1.87. The topological polar surface area (TPSA) is 96.2 Å². The third kappa shape index (κ3) is 5.10. The maximum Gasteiger partial charge on any atom is 0.424 e. The van der Waals surface area contributed by atoms with Crippen LogP contribution < -0.4 is 10.6 Å². The molecule has 0 spiro atoms. The van der Waals surface area contributed by atoms with Crippen LogP contribution >= 0.6 is 15.9 Å². The highest BCUT2D eigenvalue weighted by molar-refractivity contribution is 9.10. The van der Waals surface area contributed by atoms with E-state index < -0.39 is 48.9 Å². The van der Waals surface area contributed by atoms with E-state index >= 15 is 0 Å². The molecule has 2 amide bonds. The molecule has 0 saturated heterocycles. The average Bonchev–Trinajstić information content (AvgIpc) is 3.05. The zero-order valence-corrected chi connectivity index (χ0v) is 16.3. The molecule has 3 N–H and O–H groups in total. The molecule has 28 heavy (non-hydrogen) atoms. The Kier molecular flexibility index (Phi) is 6.83. The van der Waals surface area contributed by atoms with Crippen LogP contribution in [0.15, 0.2) is 41.1 Å². The molecule has 1 unspecified atom stereocenters. The zero-order valence-electron chi connectivity index (χ0n) is 14.8. The van der Waals surface area contributed by atoms with Gasteiger partial charge in [0.1, 0.15) is 5.82 Å². The SMILES string of the molecule is Cn1ccnc1C(O)(CCNC(=O)CNC(=O)c1cccc(Br)c1)C(F)(F)F. The van der Waals surface area contributed by atoms with Crippen molar-refractivity contribution in [3.8, 4) is 0 Å². The number of aliphatic hydroxyl groups is 1. The molecule has 1 heterocycles. The summed E-state index contributed by atoms with van der Waals surface area (Å²) >= 11 is 3.22. The van der Waals surface area contributed by atoms with Crippen molar-refractivity contribution in [2.45, 2.75) is 18.2 Å². The third-order valence-corrected chi connectivity index (χ3v) is 4.46. The monoisotopic (exact) mass is 462 g/mol. The fourth-order valence-corrected chi connectivity index (χ4v) is 2.88. The first-order valence-electron chi connectivity index (χ1n) is 8.12. The summed E-state index contributed by atoms with van der Waals surface area (Å²) in [6.07, 6.45) is -3.39. The van der Waals surface area contributed by atoms with E-state index in [1.165, 1.54) is 13.2 Å². The van der Waals surface area contributed by atoms with Crippen LogP contribution in [0.25, 0.3) is 0 Å². The van der Waals surface area contributed by atoms with Gasteiger partial charge in [0, 0.05) is 42.4 Å². The Bertz CT molecular complexity index is 856. The first-order chi connectivity index (χ1) is 13.0. The minimum atomic E-state index is -4.98. The molecule has 0 radical (unpaired) electrons. The van der Waals surface area contributed by atoms with Gasteiger partial charge < -0.3 is 20.3 Å². The van der Waals surface area contributed by atoms with Crippen molar-refractivity contribution < 1.29 is 27.9 Å². The molecule has 1 aromatic heterocycles. The Morgan fingerprint density at radius 3 is 2.57 bits per heavy atom. The van der Waals surface area contributed by atoms with Gasteiger partial charge in [-0.15, -0.1) is 0 Å². The number of nitrogens with one attached hydrogen (secondary N) is 2. The molecular formula is C17H18BrF3N4O3. The van der Waals surface area contributed by atoms with Gasteiger partial charge >= 0.3 is 6.18 Å². The molecule has 2 rings (SSSR count). The third-order valence-electron chi connectivity index (χ3n) is 3.97.